The molecule has 2 unspecified atom stereocenters. The zero-order chi connectivity index (χ0) is 7.56. The van der Waals surface area contributed by atoms with Gasteiger partial charge in [0.25, 0.3) is 0 Å². The summed E-state index contributed by atoms with van der Waals surface area (Å²) in [4.78, 5) is 10.0. The lowest BCUT2D eigenvalue weighted by atomic mass is 10.2. The molecular weight excluding hydrogens is 137 g/mol. The van der Waals surface area contributed by atoms with E-state index in [0.29, 0.717) is 19.3 Å². The van der Waals surface area contributed by atoms with Crippen molar-refractivity contribution in [3.05, 3.63) is 0 Å². The molecule has 1 aliphatic carbocycles. The largest absolute Gasteiger partial charge is 0.465 e. The maximum atomic E-state index is 12.4. The van der Waals surface area contributed by atoms with Crippen LogP contribution in [0.2, 0.25) is 0 Å². The van der Waals surface area contributed by atoms with Gasteiger partial charge in [-0.25, -0.2) is 9.18 Å². The van der Waals surface area contributed by atoms with Crippen molar-refractivity contribution in [3.8, 4) is 0 Å². The second kappa shape index (κ2) is 2.86. The van der Waals surface area contributed by atoms with Crippen LogP contribution in [-0.2, 0) is 0 Å². The molecule has 1 fully saturated rings. The number of alkyl halides is 1. The van der Waals surface area contributed by atoms with Crippen LogP contribution < -0.4 is 5.32 Å². The summed E-state index contributed by atoms with van der Waals surface area (Å²) < 4.78 is 12.4. The molecule has 0 aliphatic heterocycles. The van der Waals surface area contributed by atoms with E-state index in [1.54, 1.807) is 0 Å². The number of hydrogen-bond acceptors (Lipinski definition) is 1. The Hall–Kier alpha value is -0.800. The van der Waals surface area contributed by atoms with E-state index in [9.17, 15) is 9.18 Å². The Morgan fingerprint density at radius 2 is 2.30 bits per heavy atom. The minimum atomic E-state index is -1.06. The molecular formula is C6H10FNO2. The van der Waals surface area contributed by atoms with Crippen molar-refractivity contribution in [2.45, 2.75) is 31.5 Å². The maximum absolute atomic E-state index is 12.4. The Labute approximate surface area is 58.2 Å². The second-order valence-corrected chi connectivity index (χ2v) is 2.56. The van der Waals surface area contributed by atoms with Crippen molar-refractivity contribution in [3.63, 3.8) is 0 Å². The second-order valence-electron chi connectivity index (χ2n) is 2.56. The zero-order valence-electron chi connectivity index (χ0n) is 5.51. The van der Waals surface area contributed by atoms with E-state index in [0.717, 1.165) is 0 Å². The van der Waals surface area contributed by atoms with Crippen LogP contribution in [0.3, 0.4) is 0 Å². The number of halogens is 1. The Balaban J connectivity index is 2.24. The predicted molar refractivity (Wildman–Crippen MR) is 33.7 cm³/mol. The van der Waals surface area contributed by atoms with Gasteiger partial charge in [-0.2, -0.15) is 0 Å². The third-order valence-electron chi connectivity index (χ3n) is 1.70. The number of rotatable bonds is 1. The van der Waals surface area contributed by atoms with Crippen LogP contribution in [0.25, 0.3) is 0 Å². The summed E-state index contributed by atoms with van der Waals surface area (Å²) in [7, 11) is 0. The molecule has 3 nitrogen and oxygen atoms in total. The first kappa shape index (κ1) is 7.31. The van der Waals surface area contributed by atoms with E-state index in [-0.39, 0.29) is 6.04 Å². The first-order valence-electron chi connectivity index (χ1n) is 3.32. The lowest BCUT2D eigenvalue weighted by molar-refractivity contribution is 0.189. The van der Waals surface area contributed by atoms with Crippen LogP contribution >= 0.6 is 0 Å². The highest BCUT2D eigenvalue weighted by Crippen LogP contribution is 2.21. The Bertz CT molecular complexity index is 140. The summed E-state index contributed by atoms with van der Waals surface area (Å²) in [5.41, 5.74) is 0. The third-order valence-corrected chi connectivity index (χ3v) is 1.70. The molecule has 58 valence electrons. The summed E-state index contributed by atoms with van der Waals surface area (Å²) in [6.07, 6.45) is -0.402. The highest BCUT2D eigenvalue weighted by Gasteiger charge is 2.24. The van der Waals surface area contributed by atoms with Gasteiger partial charge in [-0.1, -0.05) is 0 Å². The van der Waals surface area contributed by atoms with Crippen molar-refractivity contribution in [1.82, 2.24) is 5.32 Å². The minimum Gasteiger partial charge on any atom is -0.465 e. The summed E-state index contributed by atoms with van der Waals surface area (Å²) >= 11 is 0. The topological polar surface area (TPSA) is 49.3 Å². The fraction of sp³-hybridized carbons (Fsp3) is 0.833. The normalized spacial score (nSPS) is 32.1. The molecule has 0 bridgehead atoms. The van der Waals surface area contributed by atoms with Gasteiger partial charge in [0, 0.05) is 6.04 Å². The fourth-order valence-electron chi connectivity index (χ4n) is 1.23. The number of nitrogens with one attached hydrogen (secondary N) is 1. The van der Waals surface area contributed by atoms with Crippen LogP contribution in [-0.4, -0.2) is 23.4 Å². The smallest absolute Gasteiger partial charge is 0.404 e. The van der Waals surface area contributed by atoms with Gasteiger partial charge in [0.05, 0.1) is 0 Å². The summed E-state index contributed by atoms with van der Waals surface area (Å²) in [5.74, 6) is 0. The van der Waals surface area contributed by atoms with E-state index in [4.69, 9.17) is 5.11 Å². The molecule has 0 spiro atoms. The van der Waals surface area contributed by atoms with Crippen LogP contribution in [0.5, 0.6) is 0 Å². The minimum absolute atomic E-state index is 0.160. The third kappa shape index (κ3) is 1.86. The van der Waals surface area contributed by atoms with Gasteiger partial charge in [-0.15, -0.1) is 0 Å². The van der Waals surface area contributed by atoms with Gasteiger partial charge in [-0.05, 0) is 19.3 Å². The Morgan fingerprint density at radius 1 is 1.60 bits per heavy atom. The van der Waals surface area contributed by atoms with Crippen molar-refractivity contribution in [2.75, 3.05) is 0 Å². The highest BCUT2D eigenvalue weighted by molar-refractivity contribution is 5.64. The van der Waals surface area contributed by atoms with Gasteiger partial charge < -0.3 is 10.4 Å². The molecule has 1 saturated carbocycles. The standard InChI is InChI=1S/C6H10FNO2/c7-4-1-2-5(3-4)8-6(9)10/h4-5,8H,1-3H2,(H,9,10). The molecule has 0 heterocycles. The van der Waals surface area contributed by atoms with E-state index in [1.165, 1.54) is 0 Å². The van der Waals surface area contributed by atoms with Gasteiger partial charge in [0.2, 0.25) is 0 Å². The van der Waals surface area contributed by atoms with Crippen LogP contribution in [0.4, 0.5) is 9.18 Å². The van der Waals surface area contributed by atoms with E-state index in [1.807, 2.05) is 0 Å². The number of carboxylic acid groups (broad SMARTS) is 1. The average molecular weight is 147 g/mol. The first-order chi connectivity index (χ1) is 4.68. The average Bonchev–Trinajstić information content (AvgIpc) is 2.13. The molecule has 0 aromatic heterocycles. The zero-order valence-corrected chi connectivity index (χ0v) is 5.51. The van der Waals surface area contributed by atoms with Gasteiger partial charge in [0.15, 0.2) is 0 Å². The molecule has 1 rings (SSSR count). The molecule has 4 heteroatoms. The molecule has 0 saturated heterocycles. The molecule has 1 amide bonds. The lowest BCUT2D eigenvalue weighted by Gasteiger charge is -2.06. The van der Waals surface area contributed by atoms with E-state index in [2.05, 4.69) is 5.32 Å². The molecule has 10 heavy (non-hydrogen) atoms. The summed E-state index contributed by atoms with van der Waals surface area (Å²) in [6, 6.07) is -0.160. The van der Waals surface area contributed by atoms with Crippen molar-refractivity contribution < 1.29 is 14.3 Å². The van der Waals surface area contributed by atoms with Crippen LogP contribution in [0.15, 0.2) is 0 Å². The molecule has 0 aromatic carbocycles. The SMILES string of the molecule is O=C(O)NC1CCC(F)C1. The monoisotopic (exact) mass is 147 g/mol. The quantitative estimate of drug-likeness (QED) is 0.584. The fourth-order valence-corrected chi connectivity index (χ4v) is 1.23. The predicted octanol–water partition coefficient (Wildman–Crippen LogP) is 1.14. The number of hydrogen-bond donors (Lipinski definition) is 2. The number of carbonyl (C=O) groups is 1. The lowest BCUT2D eigenvalue weighted by Crippen LogP contribution is -2.31. The molecule has 0 aromatic rings. The maximum Gasteiger partial charge on any atom is 0.404 e. The first-order valence-corrected chi connectivity index (χ1v) is 3.32. The van der Waals surface area contributed by atoms with Crippen LogP contribution in [0, 0.1) is 0 Å². The van der Waals surface area contributed by atoms with Gasteiger partial charge in [-0.3, -0.25) is 0 Å². The highest BCUT2D eigenvalue weighted by atomic mass is 19.1. The molecule has 1 aliphatic rings. The Morgan fingerprint density at radius 3 is 2.70 bits per heavy atom. The summed E-state index contributed by atoms with van der Waals surface area (Å²) in [6.45, 7) is 0. The van der Waals surface area contributed by atoms with Crippen molar-refractivity contribution in [2.24, 2.45) is 0 Å². The van der Waals surface area contributed by atoms with Gasteiger partial charge >= 0.3 is 6.09 Å². The molecule has 2 N–H and O–H groups in total. The summed E-state index contributed by atoms with van der Waals surface area (Å²) in [5, 5.41) is 10.5. The van der Waals surface area contributed by atoms with E-state index >= 15 is 0 Å². The van der Waals surface area contributed by atoms with Gasteiger partial charge in [0.1, 0.15) is 6.17 Å². The molecule has 2 atom stereocenters. The Kier molecular flexibility index (Phi) is 2.09. The molecule has 0 radical (unpaired) electrons. The number of amides is 1. The van der Waals surface area contributed by atoms with E-state index < -0.39 is 12.3 Å². The van der Waals surface area contributed by atoms with Crippen molar-refractivity contribution in [1.29, 1.82) is 0 Å². The van der Waals surface area contributed by atoms with Crippen LogP contribution in [0.1, 0.15) is 19.3 Å². The van der Waals surface area contributed by atoms with Crippen molar-refractivity contribution >= 4 is 6.09 Å².